The molecule has 20 heavy (non-hydrogen) atoms. The van der Waals surface area contributed by atoms with Crippen molar-refractivity contribution < 1.29 is 4.79 Å². The third kappa shape index (κ3) is 3.02. The van der Waals surface area contributed by atoms with Crippen LogP contribution in [0.2, 0.25) is 0 Å². The van der Waals surface area contributed by atoms with Gasteiger partial charge in [-0.1, -0.05) is 30.3 Å². The molecule has 0 unspecified atom stereocenters. The van der Waals surface area contributed by atoms with Gasteiger partial charge in [-0.25, -0.2) is 0 Å². The van der Waals surface area contributed by atoms with Crippen molar-refractivity contribution in [3.8, 4) is 0 Å². The highest BCUT2D eigenvalue weighted by Crippen LogP contribution is 2.32. The largest absolute Gasteiger partial charge is 0.340 e. The molecule has 4 nitrogen and oxygen atoms in total. The van der Waals surface area contributed by atoms with Gasteiger partial charge < -0.3 is 10.6 Å². The highest BCUT2D eigenvalue weighted by Gasteiger charge is 2.37. The molecule has 1 aromatic carbocycles. The van der Waals surface area contributed by atoms with Gasteiger partial charge in [-0.2, -0.15) is 0 Å². The lowest BCUT2D eigenvalue weighted by Crippen LogP contribution is -2.41. The summed E-state index contributed by atoms with van der Waals surface area (Å²) in [7, 11) is 0. The van der Waals surface area contributed by atoms with E-state index >= 15 is 0 Å². The Kier molecular flexibility index (Phi) is 4.03. The van der Waals surface area contributed by atoms with E-state index in [4.69, 9.17) is 5.73 Å². The van der Waals surface area contributed by atoms with Crippen LogP contribution in [0.3, 0.4) is 0 Å². The van der Waals surface area contributed by atoms with Crippen molar-refractivity contribution in [1.82, 2.24) is 9.80 Å². The first-order chi connectivity index (χ1) is 9.78. The summed E-state index contributed by atoms with van der Waals surface area (Å²) in [5, 5.41) is 0. The van der Waals surface area contributed by atoms with Crippen molar-refractivity contribution in [1.29, 1.82) is 0 Å². The molecule has 1 saturated heterocycles. The number of nitrogens with two attached hydrogens (primary N) is 1. The Balaban J connectivity index is 1.65. The van der Waals surface area contributed by atoms with Crippen molar-refractivity contribution in [2.75, 3.05) is 19.6 Å². The monoisotopic (exact) mass is 273 g/mol. The van der Waals surface area contributed by atoms with Crippen molar-refractivity contribution in [3.05, 3.63) is 35.9 Å². The number of likely N-dealkylation sites (tertiary alicyclic amines) is 1. The Morgan fingerprint density at radius 1 is 1.20 bits per heavy atom. The number of rotatable bonds is 5. The van der Waals surface area contributed by atoms with Crippen LogP contribution < -0.4 is 5.73 Å². The molecular weight excluding hydrogens is 250 g/mol. The van der Waals surface area contributed by atoms with E-state index in [-0.39, 0.29) is 12.5 Å². The normalized spacial score (nSPS) is 22.5. The van der Waals surface area contributed by atoms with Crippen LogP contribution in [0.15, 0.2) is 30.3 Å². The lowest BCUT2D eigenvalue weighted by molar-refractivity contribution is -0.128. The van der Waals surface area contributed by atoms with E-state index in [1.165, 1.54) is 18.4 Å². The average molecular weight is 273 g/mol. The Hall–Kier alpha value is -1.39. The highest BCUT2D eigenvalue weighted by molar-refractivity contribution is 5.78. The van der Waals surface area contributed by atoms with E-state index in [1.54, 1.807) is 0 Å². The first-order valence-electron chi connectivity index (χ1n) is 7.55. The standard InChI is InChI=1S/C16H23N3O/c17-10-16(20)18-9-8-15(12-18)19(14-6-7-14)11-13-4-2-1-3-5-13/h1-5,14-15H,6-12,17H2/t15-/m0/s1. The molecule has 0 bridgehead atoms. The van der Waals surface area contributed by atoms with Crippen LogP contribution in [0.1, 0.15) is 24.8 Å². The Morgan fingerprint density at radius 3 is 2.60 bits per heavy atom. The lowest BCUT2D eigenvalue weighted by atomic mass is 10.1. The summed E-state index contributed by atoms with van der Waals surface area (Å²) in [5.41, 5.74) is 6.83. The molecule has 1 aliphatic heterocycles. The zero-order chi connectivity index (χ0) is 13.9. The van der Waals surface area contributed by atoms with Gasteiger partial charge in [0, 0.05) is 31.7 Å². The zero-order valence-corrected chi connectivity index (χ0v) is 11.9. The summed E-state index contributed by atoms with van der Waals surface area (Å²) in [4.78, 5) is 16.2. The van der Waals surface area contributed by atoms with Gasteiger partial charge in [0.25, 0.3) is 0 Å². The molecule has 1 heterocycles. The molecule has 1 aromatic rings. The van der Waals surface area contributed by atoms with Crippen LogP contribution in [-0.4, -0.2) is 47.4 Å². The number of hydrogen-bond donors (Lipinski definition) is 1. The maximum Gasteiger partial charge on any atom is 0.236 e. The van der Waals surface area contributed by atoms with Gasteiger partial charge in [0.2, 0.25) is 5.91 Å². The number of benzene rings is 1. The molecule has 1 aliphatic carbocycles. The number of carbonyl (C=O) groups is 1. The van der Waals surface area contributed by atoms with E-state index in [2.05, 4.69) is 35.2 Å². The summed E-state index contributed by atoms with van der Waals surface area (Å²) in [6.07, 6.45) is 3.68. The molecule has 0 spiro atoms. The molecule has 0 aromatic heterocycles. The fourth-order valence-electron chi connectivity index (χ4n) is 3.12. The molecule has 3 rings (SSSR count). The molecule has 2 fully saturated rings. The summed E-state index contributed by atoms with van der Waals surface area (Å²) in [6.45, 7) is 2.84. The molecule has 1 saturated carbocycles. The topological polar surface area (TPSA) is 49.6 Å². The van der Waals surface area contributed by atoms with E-state index in [0.717, 1.165) is 26.1 Å². The fraction of sp³-hybridized carbons (Fsp3) is 0.562. The molecular formula is C16H23N3O. The SMILES string of the molecule is NCC(=O)N1CC[C@H](N(Cc2ccccc2)C2CC2)C1. The van der Waals surface area contributed by atoms with E-state index in [0.29, 0.717) is 12.1 Å². The predicted molar refractivity (Wildman–Crippen MR) is 79.0 cm³/mol. The van der Waals surface area contributed by atoms with Gasteiger partial charge in [0.1, 0.15) is 0 Å². The molecule has 2 aliphatic rings. The van der Waals surface area contributed by atoms with Crippen LogP contribution in [0.25, 0.3) is 0 Å². The zero-order valence-electron chi connectivity index (χ0n) is 11.9. The van der Waals surface area contributed by atoms with Crippen molar-refractivity contribution in [2.24, 2.45) is 5.73 Å². The van der Waals surface area contributed by atoms with E-state index in [1.807, 2.05) is 4.90 Å². The Morgan fingerprint density at radius 2 is 1.95 bits per heavy atom. The molecule has 1 atom stereocenters. The number of nitrogens with zero attached hydrogens (tertiary/aromatic N) is 2. The van der Waals surface area contributed by atoms with Gasteiger partial charge >= 0.3 is 0 Å². The number of carbonyl (C=O) groups excluding carboxylic acids is 1. The molecule has 4 heteroatoms. The third-order valence-electron chi connectivity index (χ3n) is 4.38. The second-order valence-electron chi connectivity index (χ2n) is 5.88. The maximum absolute atomic E-state index is 11.7. The van der Waals surface area contributed by atoms with Gasteiger partial charge in [0.05, 0.1) is 6.54 Å². The quantitative estimate of drug-likeness (QED) is 0.877. The maximum atomic E-state index is 11.7. The summed E-state index contributed by atoms with van der Waals surface area (Å²) < 4.78 is 0. The summed E-state index contributed by atoms with van der Waals surface area (Å²) in [6, 6.07) is 11.8. The van der Waals surface area contributed by atoms with Crippen LogP contribution in [-0.2, 0) is 11.3 Å². The van der Waals surface area contributed by atoms with Gasteiger partial charge in [-0.3, -0.25) is 9.69 Å². The van der Waals surface area contributed by atoms with E-state index < -0.39 is 0 Å². The Bertz CT molecular complexity index is 458. The molecule has 0 radical (unpaired) electrons. The highest BCUT2D eigenvalue weighted by atomic mass is 16.2. The van der Waals surface area contributed by atoms with Crippen LogP contribution in [0, 0.1) is 0 Å². The first kappa shape index (κ1) is 13.6. The van der Waals surface area contributed by atoms with Crippen molar-refractivity contribution in [2.45, 2.75) is 37.9 Å². The predicted octanol–water partition coefficient (Wildman–Crippen LogP) is 1.21. The van der Waals surface area contributed by atoms with Gasteiger partial charge in [-0.15, -0.1) is 0 Å². The van der Waals surface area contributed by atoms with Crippen LogP contribution in [0.5, 0.6) is 0 Å². The first-order valence-corrected chi connectivity index (χ1v) is 7.55. The minimum Gasteiger partial charge on any atom is -0.340 e. The number of hydrogen-bond acceptors (Lipinski definition) is 3. The minimum atomic E-state index is 0.0861. The third-order valence-corrected chi connectivity index (χ3v) is 4.38. The minimum absolute atomic E-state index is 0.0861. The second kappa shape index (κ2) is 5.94. The second-order valence-corrected chi connectivity index (χ2v) is 5.88. The molecule has 1 amide bonds. The van der Waals surface area contributed by atoms with E-state index in [9.17, 15) is 4.79 Å². The smallest absolute Gasteiger partial charge is 0.236 e. The fourth-order valence-corrected chi connectivity index (χ4v) is 3.12. The summed E-state index contributed by atoms with van der Waals surface area (Å²) >= 11 is 0. The summed E-state index contributed by atoms with van der Waals surface area (Å²) in [5.74, 6) is 0.0861. The molecule has 2 N–H and O–H groups in total. The lowest BCUT2D eigenvalue weighted by Gasteiger charge is -2.29. The van der Waals surface area contributed by atoms with Crippen molar-refractivity contribution >= 4 is 5.91 Å². The molecule has 108 valence electrons. The number of amides is 1. The van der Waals surface area contributed by atoms with Crippen LogP contribution >= 0.6 is 0 Å². The van der Waals surface area contributed by atoms with Crippen LogP contribution in [0.4, 0.5) is 0 Å². The Labute approximate surface area is 120 Å². The van der Waals surface area contributed by atoms with Gasteiger partial charge in [-0.05, 0) is 24.8 Å². The average Bonchev–Trinajstić information content (AvgIpc) is 3.21. The van der Waals surface area contributed by atoms with Crippen molar-refractivity contribution in [3.63, 3.8) is 0 Å². The van der Waals surface area contributed by atoms with Gasteiger partial charge in [0.15, 0.2) is 0 Å².